The van der Waals surface area contributed by atoms with Crippen LogP contribution in [0.15, 0.2) is 24.3 Å². The first kappa shape index (κ1) is 29.0. The van der Waals surface area contributed by atoms with E-state index in [0.717, 1.165) is 19.3 Å². The van der Waals surface area contributed by atoms with E-state index in [1.807, 2.05) is 13.8 Å². The van der Waals surface area contributed by atoms with Crippen LogP contribution < -0.4 is 10.6 Å². The third-order valence-corrected chi connectivity index (χ3v) is 4.99. The number of carbonyl (C=O) groups excluding carboxylic acids is 3. The van der Waals surface area contributed by atoms with Crippen LogP contribution in [0.5, 0.6) is 0 Å². The first-order valence-electron chi connectivity index (χ1n) is 11.8. The minimum Gasteiger partial charge on any atom is -0.444 e. The van der Waals surface area contributed by atoms with Crippen LogP contribution in [0.25, 0.3) is 0 Å². The second-order valence-electron chi connectivity index (χ2n) is 9.08. The molecule has 3 amide bonds. The molecule has 0 spiro atoms. The van der Waals surface area contributed by atoms with E-state index in [0.29, 0.717) is 24.1 Å². The third-order valence-electron chi connectivity index (χ3n) is 4.99. The third kappa shape index (κ3) is 9.44. The normalized spacial score (nSPS) is 12.7. The van der Waals surface area contributed by atoms with E-state index in [2.05, 4.69) is 16.6 Å². The van der Waals surface area contributed by atoms with Gasteiger partial charge in [-0.3, -0.25) is 9.59 Å². The van der Waals surface area contributed by atoms with Crippen LogP contribution in [0, 0.1) is 12.3 Å². The second kappa shape index (κ2) is 14.3. The first-order chi connectivity index (χ1) is 16.1. The van der Waals surface area contributed by atoms with Gasteiger partial charge >= 0.3 is 6.09 Å². The molecule has 1 rings (SSSR count). The Morgan fingerprint density at radius 1 is 1.12 bits per heavy atom. The molecule has 0 radical (unpaired) electrons. The Morgan fingerprint density at radius 2 is 1.74 bits per heavy atom. The summed E-state index contributed by atoms with van der Waals surface area (Å²) >= 11 is 0. The van der Waals surface area contributed by atoms with Gasteiger partial charge in [-0.15, -0.1) is 6.42 Å². The molecular formula is C26H39N3O5. The van der Waals surface area contributed by atoms with E-state index in [4.69, 9.17) is 11.2 Å². The van der Waals surface area contributed by atoms with Crippen LogP contribution in [0.2, 0.25) is 0 Å². The molecule has 1 aromatic rings. The zero-order chi connectivity index (χ0) is 25.7. The number of alkyl carbamates (subject to hydrolysis) is 1. The quantitative estimate of drug-likeness (QED) is 0.319. The summed E-state index contributed by atoms with van der Waals surface area (Å²) in [5, 5.41) is 15.2. The molecule has 0 aliphatic rings. The molecule has 8 nitrogen and oxygen atoms in total. The van der Waals surface area contributed by atoms with Gasteiger partial charge in [0.1, 0.15) is 17.7 Å². The van der Waals surface area contributed by atoms with Crippen LogP contribution in [0.1, 0.15) is 77.5 Å². The Balaban J connectivity index is 3.33. The summed E-state index contributed by atoms with van der Waals surface area (Å²) in [6, 6.07) is 4.67. The number of terminal acetylenes is 1. The van der Waals surface area contributed by atoms with Crippen LogP contribution >= 0.6 is 0 Å². The minimum atomic E-state index is -1.26. The van der Waals surface area contributed by atoms with Gasteiger partial charge in [0.25, 0.3) is 0 Å². The molecule has 0 saturated carbocycles. The minimum absolute atomic E-state index is 0.268. The maximum Gasteiger partial charge on any atom is 0.408 e. The summed E-state index contributed by atoms with van der Waals surface area (Å²) in [7, 11) is 0. The SMILES string of the molecule is C#Cc1ccc(C(C(=O)NCCCC)N(CCCC)C(=O)C(CO)NC(=O)OC(C)(C)C)cc1. The van der Waals surface area contributed by atoms with Gasteiger partial charge in [0.2, 0.25) is 11.8 Å². The largest absolute Gasteiger partial charge is 0.444 e. The standard InChI is InChI=1S/C26H39N3O5/c1-7-10-16-27-23(31)22(20-14-12-19(9-3)13-15-20)29(17-11-8-2)24(32)21(18-30)28-25(33)34-26(4,5)6/h3,12-15,21-22,30H,7-8,10-11,16-18H2,1-2,4-6H3,(H,27,31)(H,28,33). The summed E-state index contributed by atoms with van der Waals surface area (Å²) in [5.41, 5.74) is 0.474. The number of hydrogen-bond acceptors (Lipinski definition) is 5. The smallest absolute Gasteiger partial charge is 0.408 e. The highest BCUT2D eigenvalue weighted by Crippen LogP contribution is 2.24. The zero-order valence-corrected chi connectivity index (χ0v) is 21.0. The van der Waals surface area contributed by atoms with Crippen molar-refractivity contribution in [2.24, 2.45) is 0 Å². The number of aliphatic hydroxyl groups is 1. The molecule has 0 aromatic heterocycles. The molecule has 34 heavy (non-hydrogen) atoms. The number of benzene rings is 1. The highest BCUT2D eigenvalue weighted by Gasteiger charge is 2.35. The molecule has 0 heterocycles. The summed E-state index contributed by atoms with van der Waals surface area (Å²) in [4.78, 5) is 40.5. The highest BCUT2D eigenvalue weighted by atomic mass is 16.6. The van der Waals surface area contributed by atoms with E-state index in [1.54, 1.807) is 45.0 Å². The number of carbonyl (C=O) groups is 3. The second-order valence-corrected chi connectivity index (χ2v) is 9.08. The van der Waals surface area contributed by atoms with Crippen molar-refractivity contribution in [1.82, 2.24) is 15.5 Å². The number of rotatable bonds is 12. The highest BCUT2D eigenvalue weighted by molar-refractivity contribution is 5.92. The van der Waals surface area contributed by atoms with Crippen LogP contribution in [0.4, 0.5) is 4.79 Å². The molecule has 0 bridgehead atoms. The van der Waals surface area contributed by atoms with Crippen molar-refractivity contribution in [2.45, 2.75) is 78.0 Å². The lowest BCUT2D eigenvalue weighted by Crippen LogP contribution is -2.54. The van der Waals surface area contributed by atoms with Crippen molar-refractivity contribution in [3.63, 3.8) is 0 Å². The number of aliphatic hydroxyl groups excluding tert-OH is 1. The van der Waals surface area contributed by atoms with Crippen LogP contribution in [-0.4, -0.2) is 59.3 Å². The molecule has 1 aromatic carbocycles. The predicted octanol–water partition coefficient (Wildman–Crippen LogP) is 3.14. The molecule has 0 fully saturated rings. The van der Waals surface area contributed by atoms with Gasteiger partial charge in [-0.2, -0.15) is 0 Å². The Morgan fingerprint density at radius 3 is 2.24 bits per heavy atom. The monoisotopic (exact) mass is 473 g/mol. The molecule has 8 heteroatoms. The van der Waals surface area contributed by atoms with Crippen molar-refractivity contribution in [3.8, 4) is 12.3 Å². The Bertz CT molecular complexity index is 839. The maximum atomic E-state index is 13.5. The Kier molecular flexibility index (Phi) is 12.2. The lowest BCUT2D eigenvalue weighted by Gasteiger charge is -2.34. The predicted molar refractivity (Wildman–Crippen MR) is 132 cm³/mol. The summed E-state index contributed by atoms with van der Waals surface area (Å²) in [5.74, 6) is 1.64. The van der Waals surface area contributed by atoms with Crippen molar-refractivity contribution in [1.29, 1.82) is 0 Å². The molecular weight excluding hydrogens is 434 g/mol. The molecule has 0 aliphatic heterocycles. The fraction of sp³-hybridized carbons (Fsp3) is 0.577. The van der Waals surface area contributed by atoms with Crippen molar-refractivity contribution in [2.75, 3.05) is 19.7 Å². The average Bonchev–Trinajstić information content (AvgIpc) is 2.78. The van der Waals surface area contributed by atoms with Crippen LogP contribution in [0.3, 0.4) is 0 Å². The number of hydrogen-bond donors (Lipinski definition) is 3. The topological polar surface area (TPSA) is 108 Å². The lowest BCUT2D eigenvalue weighted by atomic mass is 10.0. The van der Waals surface area contributed by atoms with Crippen molar-refractivity contribution in [3.05, 3.63) is 35.4 Å². The molecule has 2 atom stereocenters. The number of ether oxygens (including phenoxy) is 1. The Hall–Kier alpha value is -3.05. The molecule has 188 valence electrons. The van der Waals surface area contributed by atoms with Crippen LogP contribution in [-0.2, 0) is 14.3 Å². The summed E-state index contributed by atoms with van der Waals surface area (Å²) in [6.07, 6.45) is 7.78. The number of unbranched alkanes of at least 4 members (excludes halogenated alkanes) is 2. The summed E-state index contributed by atoms with van der Waals surface area (Å²) < 4.78 is 5.23. The lowest BCUT2D eigenvalue weighted by molar-refractivity contribution is -0.143. The summed E-state index contributed by atoms with van der Waals surface area (Å²) in [6.45, 7) is 9.21. The molecule has 0 saturated heterocycles. The van der Waals surface area contributed by atoms with Gasteiger partial charge in [0, 0.05) is 18.7 Å². The number of amides is 3. The van der Waals surface area contributed by atoms with Gasteiger partial charge in [-0.1, -0.05) is 44.7 Å². The molecule has 2 unspecified atom stereocenters. The van der Waals surface area contributed by atoms with E-state index in [-0.39, 0.29) is 12.5 Å². The fourth-order valence-electron chi connectivity index (χ4n) is 3.25. The number of nitrogens with zero attached hydrogens (tertiary/aromatic N) is 1. The fourth-order valence-corrected chi connectivity index (χ4v) is 3.25. The van der Waals surface area contributed by atoms with Gasteiger partial charge in [-0.05, 0) is 51.3 Å². The van der Waals surface area contributed by atoms with Gasteiger partial charge < -0.3 is 25.4 Å². The average molecular weight is 474 g/mol. The van der Waals surface area contributed by atoms with Crippen molar-refractivity contribution >= 4 is 17.9 Å². The Labute approximate surface area is 203 Å². The van der Waals surface area contributed by atoms with E-state index >= 15 is 0 Å². The first-order valence-corrected chi connectivity index (χ1v) is 11.8. The van der Waals surface area contributed by atoms with Gasteiger partial charge in [-0.25, -0.2) is 4.79 Å². The van der Waals surface area contributed by atoms with E-state index in [1.165, 1.54) is 4.90 Å². The zero-order valence-electron chi connectivity index (χ0n) is 21.0. The molecule has 3 N–H and O–H groups in total. The van der Waals surface area contributed by atoms with Gasteiger partial charge in [0.15, 0.2) is 0 Å². The number of nitrogens with one attached hydrogen (secondary N) is 2. The van der Waals surface area contributed by atoms with Crippen molar-refractivity contribution < 1.29 is 24.2 Å². The van der Waals surface area contributed by atoms with Gasteiger partial charge in [0.05, 0.1) is 6.61 Å². The van der Waals surface area contributed by atoms with E-state index in [9.17, 15) is 19.5 Å². The molecule has 0 aliphatic carbocycles. The maximum absolute atomic E-state index is 13.5. The van der Waals surface area contributed by atoms with E-state index < -0.39 is 36.3 Å².